The molecule has 25 heavy (non-hydrogen) atoms. The van der Waals surface area contributed by atoms with Crippen molar-refractivity contribution in [2.24, 2.45) is 0 Å². The van der Waals surface area contributed by atoms with Crippen LogP contribution in [0.3, 0.4) is 0 Å². The highest BCUT2D eigenvalue weighted by Gasteiger charge is 2.13. The quantitative estimate of drug-likeness (QED) is 0.681. The zero-order valence-corrected chi connectivity index (χ0v) is 15.1. The molecule has 0 saturated heterocycles. The Morgan fingerprint density at radius 1 is 1.00 bits per heavy atom. The first-order valence-corrected chi connectivity index (χ1v) is 9.16. The van der Waals surface area contributed by atoms with Crippen LogP contribution < -0.4 is 11.1 Å². The van der Waals surface area contributed by atoms with Crippen LogP contribution in [0.1, 0.15) is 29.1 Å². The van der Waals surface area contributed by atoms with Gasteiger partial charge in [0.1, 0.15) is 5.82 Å². The lowest BCUT2D eigenvalue weighted by Crippen LogP contribution is -2.08. The minimum atomic E-state index is 0.114. The maximum atomic E-state index is 5.86. The lowest BCUT2D eigenvalue weighted by atomic mass is 10.2. The van der Waals surface area contributed by atoms with E-state index in [1.165, 1.54) is 11.1 Å². The fourth-order valence-corrected chi connectivity index (χ4v) is 3.17. The van der Waals surface area contributed by atoms with Crippen LogP contribution in [-0.2, 0) is 5.75 Å². The minimum absolute atomic E-state index is 0.114. The number of nitrogen functional groups attached to an aromatic ring is 1. The molecule has 1 heterocycles. The summed E-state index contributed by atoms with van der Waals surface area (Å²) in [6.45, 7) is 4.17. The Bertz CT molecular complexity index is 821. The molecule has 1 aromatic heterocycles. The Hall–Kier alpha value is -2.60. The van der Waals surface area contributed by atoms with E-state index < -0.39 is 0 Å². The zero-order valence-electron chi connectivity index (χ0n) is 14.3. The Kier molecular flexibility index (Phi) is 5.50. The molecule has 0 aliphatic carbocycles. The number of anilines is 3. The lowest BCUT2D eigenvalue weighted by Gasteiger charge is -2.12. The molecule has 0 unspecified atom stereocenters. The van der Waals surface area contributed by atoms with Crippen molar-refractivity contribution in [2.45, 2.75) is 24.9 Å². The second kappa shape index (κ2) is 7.98. The molecular formula is C19H21N5S. The summed E-state index contributed by atoms with van der Waals surface area (Å²) in [5.74, 6) is 2.28. The topological polar surface area (TPSA) is 76.7 Å². The fraction of sp³-hybridized carbons (Fsp3) is 0.211. The van der Waals surface area contributed by atoms with Gasteiger partial charge in [0.2, 0.25) is 11.9 Å². The molecule has 0 aliphatic heterocycles. The first kappa shape index (κ1) is 17.2. The van der Waals surface area contributed by atoms with E-state index >= 15 is 0 Å². The Balaban J connectivity index is 1.69. The highest BCUT2D eigenvalue weighted by Crippen LogP contribution is 2.29. The first-order valence-electron chi connectivity index (χ1n) is 8.11. The largest absolute Gasteiger partial charge is 0.368 e. The standard InChI is InChI=1S/C19H21N5S/c1-13-8-10-15(11-9-13)12-25-14(2)17-22-18(20)24-19(23-17)21-16-6-4-3-5-7-16/h3-11,14H,12H2,1-2H3,(H3,20,21,22,23,24)/t14-/m0/s1. The van der Waals surface area contributed by atoms with Crippen LogP contribution in [0.25, 0.3) is 0 Å². The normalized spacial score (nSPS) is 11.9. The van der Waals surface area contributed by atoms with Crippen LogP contribution in [0, 0.1) is 6.92 Å². The van der Waals surface area contributed by atoms with Crippen LogP contribution in [0.4, 0.5) is 17.6 Å². The van der Waals surface area contributed by atoms with E-state index in [9.17, 15) is 0 Å². The second-order valence-electron chi connectivity index (χ2n) is 5.81. The number of thioether (sulfide) groups is 1. The molecule has 0 bridgehead atoms. The van der Waals surface area contributed by atoms with Crippen molar-refractivity contribution in [2.75, 3.05) is 11.1 Å². The minimum Gasteiger partial charge on any atom is -0.368 e. The molecule has 3 aromatic rings. The van der Waals surface area contributed by atoms with E-state index in [4.69, 9.17) is 5.73 Å². The molecule has 5 nitrogen and oxygen atoms in total. The Morgan fingerprint density at radius 3 is 2.44 bits per heavy atom. The van der Waals surface area contributed by atoms with E-state index in [2.05, 4.69) is 58.4 Å². The number of aryl methyl sites for hydroxylation is 1. The molecule has 6 heteroatoms. The van der Waals surface area contributed by atoms with Gasteiger partial charge >= 0.3 is 0 Å². The van der Waals surface area contributed by atoms with Crippen molar-refractivity contribution in [1.82, 2.24) is 15.0 Å². The second-order valence-corrected chi connectivity index (χ2v) is 7.13. The molecule has 0 radical (unpaired) electrons. The summed E-state index contributed by atoms with van der Waals surface area (Å²) in [6, 6.07) is 18.3. The number of hydrogen-bond acceptors (Lipinski definition) is 6. The number of hydrogen-bond donors (Lipinski definition) is 2. The predicted molar refractivity (Wildman–Crippen MR) is 105 cm³/mol. The molecule has 0 spiro atoms. The number of rotatable bonds is 6. The average molecular weight is 351 g/mol. The first-order chi connectivity index (χ1) is 12.1. The summed E-state index contributed by atoms with van der Waals surface area (Å²) in [5.41, 5.74) is 9.33. The van der Waals surface area contributed by atoms with Crippen molar-refractivity contribution >= 4 is 29.3 Å². The summed E-state index contributed by atoms with van der Waals surface area (Å²) in [6.07, 6.45) is 0. The number of nitrogens with one attached hydrogen (secondary N) is 1. The Labute approximate surface area is 152 Å². The van der Waals surface area contributed by atoms with E-state index in [-0.39, 0.29) is 11.2 Å². The number of aromatic nitrogens is 3. The summed E-state index contributed by atoms with van der Waals surface area (Å²) >= 11 is 1.78. The molecule has 2 aromatic carbocycles. The summed E-state index contributed by atoms with van der Waals surface area (Å²) < 4.78 is 0. The SMILES string of the molecule is Cc1ccc(CS[C@@H](C)c2nc(N)nc(Nc3ccccc3)n2)cc1. The lowest BCUT2D eigenvalue weighted by molar-refractivity contribution is 0.896. The van der Waals surface area contributed by atoms with Gasteiger partial charge in [-0.2, -0.15) is 15.0 Å². The highest BCUT2D eigenvalue weighted by atomic mass is 32.2. The number of nitrogens with two attached hydrogens (primary N) is 1. The molecule has 128 valence electrons. The van der Waals surface area contributed by atoms with Crippen molar-refractivity contribution in [3.05, 3.63) is 71.5 Å². The zero-order chi connectivity index (χ0) is 17.6. The molecule has 0 saturated carbocycles. The van der Waals surface area contributed by atoms with E-state index in [0.717, 1.165) is 11.4 Å². The van der Waals surface area contributed by atoms with Gasteiger partial charge in [0.25, 0.3) is 0 Å². The van der Waals surface area contributed by atoms with Gasteiger partial charge in [-0.1, -0.05) is 48.0 Å². The monoisotopic (exact) mass is 351 g/mol. The van der Waals surface area contributed by atoms with Gasteiger partial charge in [-0.15, -0.1) is 11.8 Å². The molecule has 3 rings (SSSR count). The third-order valence-corrected chi connectivity index (χ3v) is 4.89. The van der Waals surface area contributed by atoms with E-state index in [0.29, 0.717) is 11.8 Å². The van der Waals surface area contributed by atoms with E-state index in [1.54, 1.807) is 11.8 Å². The van der Waals surface area contributed by atoms with Gasteiger partial charge in [-0.3, -0.25) is 0 Å². The van der Waals surface area contributed by atoms with E-state index in [1.807, 2.05) is 30.3 Å². The van der Waals surface area contributed by atoms with Gasteiger partial charge in [0.15, 0.2) is 0 Å². The fourth-order valence-electron chi connectivity index (χ4n) is 2.28. The summed E-state index contributed by atoms with van der Waals surface area (Å²) in [4.78, 5) is 13.0. The van der Waals surface area contributed by atoms with Crippen molar-refractivity contribution in [3.8, 4) is 0 Å². The molecule has 0 aliphatic rings. The van der Waals surface area contributed by atoms with Crippen molar-refractivity contribution < 1.29 is 0 Å². The predicted octanol–water partition coefficient (Wildman–Crippen LogP) is 4.50. The molecular weight excluding hydrogens is 330 g/mol. The average Bonchev–Trinajstić information content (AvgIpc) is 2.61. The third kappa shape index (κ3) is 4.93. The van der Waals surface area contributed by atoms with Gasteiger partial charge in [-0.25, -0.2) is 0 Å². The number of benzene rings is 2. The van der Waals surface area contributed by atoms with Crippen LogP contribution in [0.2, 0.25) is 0 Å². The number of nitrogens with zero attached hydrogens (tertiary/aromatic N) is 3. The highest BCUT2D eigenvalue weighted by molar-refractivity contribution is 7.98. The van der Waals surface area contributed by atoms with Crippen LogP contribution in [0.15, 0.2) is 54.6 Å². The van der Waals surface area contributed by atoms with Crippen LogP contribution in [-0.4, -0.2) is 15.0 Å². The van der Waals surface area contributed by atoms with Crippen LogP contribution in [0.5, 0.6) is 0 Å². The van der Waals surface area contributed by atoms with Gasteiger partial charge < -0.3 is 11.1 Å². The van der Waals surface area contributed by atoms with Gasteiger partial charge in [0, 0.05) is 11.4 Å². The Morgan fingerprint density at radius 2 is 1.72 bits per heavy atom. The summed E-state index contributed by atoms with van der Waals surface area (Å²) in [7, 11) is 0. The maximum absolute atomic E-state index is 5.86. The van der Waals surface area contributed by atoms with Gasteiger partial charge in [-0.05, 0) is 31.5 Å². The maximum Gasteiger partial charge on any atom is 0.232 e. The molecule has 0 fully saturated rings. The summed E-state index contributed by atoms with van der Waals surface area (Å²) in [5, 5.41) is 3.28. The van der Waals surface area contributed by atoms with Gasteiger partial charge in [0.05, 0.1) is 5.25 Å². The molecule has 3 N–H and O–H groups in total. The third-order valence-electron chi connectivity index (χ3n) is 3.68. The van der Waals surface area contributed by atoms with Crippen molar-refractivity contribution in [1.29, 1.82) is 0 Å². The molecule has 1 atom stereocenters. The van der Waals surface area contributed by atoms with Crippen LogP contribution >= 0.6 is 11.8 Å². The smallest absolute Gasteiger partial charge is 0.232 e. The van der Waals surface area contributed by atoms with Crippen molar-refractivity contribution in [3.63, 3.8) is 0 Å². The molecule has 0 amide bonds. The number of para-hydroxylation sites is 1.